The molecular formula is C12H22N4O. The lowest BCUT2D eigenvalue weighted by Crippen LogP contribution is -2.38. The van der Waals surface area contributed by atoms with Crippen molar-refractivity contribution in [3.63, 3.8) is 0 Å². The van der Waals surface area contributed by atoms with Gasteiger partial charge in [0.2, 0.25) is 0 Å². The quantitative estimate of drug-likeness (QED) is 0.705. The molecule has 0 aromatic carbocycles. The Morgan fingerprint density at radius 1 is 1.29 bits per heavy atom. The Morgan fingerprint density at radius 3 is 2.47 bits per heavy atom. The van der Waals surface area contributed by atoms with Gasteiger partial charge in [0.05, 0.1) is 12.1 Å². The third kappa shape index (κ3) is 3.85. The van der Waals surface area contributed by atoms with Gasteiger partial charge in [-0.05, 0) is 27.2 Å². The van der Waals surface area contributed by atoms with Crippen molar-refractivity contribution >= 4 is 11.6 Å². The lowest BCUT2D eigenvalue weighted by Gasteiger charge is -2.28. The number of anilines is 2. The Bertz CT molecular complexity index is 364. The van der Waals surface area contributed by atoms with Gasteiger partial charge in [0.15, 0.2) is 0 Å². The molecule has 1 unspecified atom stereocenters. The summed E-state index contributed by atoms with van der Waals surface area (Å²) < 4.78 is 0. The van der Waals surface area contributed by atoms with E-state index in [0.29, 0.717) is 5.82 Å². The van der Waals surface area contributed by atoms with Crippen LogP contribution in [-0.2, 0) is 0 Å². The molecule has 0 bridgehead atoms. The SMILES string of the molecule is CCNc1cc(NC(C)(CC)CO)nc(C)n1. The maximum Gasteiger partial charge on any atom is 0.132 e. The molecule has 0 aliphatic rings. The average molecular weight is 238 g/mol. The normalized spacial score (nSPS) is 14.2. The van der Waals surface area contributed by atoms with Gasteiger partial charge in [-0.1, -0.05) is 6.92 Å². The molecule has 1 heterocycles. The zero-order chi connectivity index (χ0) is 12.9. The van der Waals surface area contributed by atoms with Crippen LogP contribution >= 0.6 is 0 Å². The van der Waals surface area contributed by atoms with Crippen LogP contribution in [0.2, 0.25) is 0 Å². The number of aromatic nitrogens is 2. The van der Waals surface area contributed by atoms with E-state index in [0.717, 1.165) is 24.6 Å². The molecule has 0 aliphatic heterocycles. The highest BCUT2D eigenvalue weighted by Gasteiger charge is 2.21. The van der Waals surface area contributed by atoms with E-state index in [1.54, 1.807) is 0 Å². The van der Waals surface area contributed by atoms with Crippen LogP contribution in [0.15, 0.2) is 6.07 Å². The van der Waals surface area contributed by atoms with Crippen LogP contribution in [0.1, 0.15) is 33.0 Å². The Labute approximate surface area is 103 Å². The van der Waals surface area contributed by atoms with E-state index in [1.165, 1.54) is 0 Å². The lowest BCUT2D eigenvalue weighted by molar-refractivity contribution is 0.218. The second kappa shape index (κ2) is 5.82. The highest BCUT2D eigenvalue weighted by molar-refractivity contribution is 5.48. The molecule has 0 aliphatic carbocycles. The number of aliphatic hydroxyl groups excluding tert-OH is 1. The van der Waals surface area contributed by atoms with E-state index >= 15 is 0 Å². The Kier molecular flexibility index (Phi) is 4.69. The van der Waals surface area contributed by atoms with Gasteiger partial charge in [-0.15, -0.1) is 0 Å². The summed E-state index contributed by atoms with van der Waals surface area (Å²) in [5.41, 5.74) is -0.343. The zero-order valence-corrected chi connectivity index (χ0v) is 11.0. The second-order valence-electron chi connectivity index (χ2n) is 4.41. The molecule has 0 saturated carbocycles. The first kappa shape index (κ1) is 13.7. The fourth-order valence-electron chi connectivity index (χ4n) is 1.45. The van der Waals surface area contributed by atoms with E-state index in [4.69, 9.17) is 0 Å². The van der Waals surface area contributed by atoms with Gasteiger partial charge in [0.25, 0.3) is 0 Å². The molecule has 17 heavy (non-hydrogen) atoms. The van der Waals surface area contributed by atoms with Crippen molar-refractivity contribution in [1.82, 2.24) is 9.97 Å². The topological polar surface area (TPSA) is 70.1 Å². The maximum atomic E-state index is 9.37. The smallest absolute Gasteiger partial charge is 0.132 e. The summed E-state index contributed by atoms with van der Waals surface area (Å²) in [6.45, 7) is 8.77. The van der Waals surface area contributed by atoms with E-state index in [9.17, 15) is 5.11 Å². The van der Waals surface area contributed by atoms with Crippen LogP contribution in [0.5, 0.6) is 0 Å². The summed E-state index contributed by atoms with van der Waals surface area (Å²) >= 11 is 0. The van der Waals surface area contributed by atoms with Crippen molar-refractivity contribution in [3.05, 3.63) is 11.9 Å². The van der Waals surface area contributed by atoms with Crippen LogP contribution in [0.4, 0.5) is 11.6 Å². The number of aryl methyl sites for hydroxylation is 1. The zero-order valence-electron chi connectivity index (χ0n) is 11.0. The summed E-state index contributed by atoms with van der Waals surface area (Å²) in [6.07, 6.45) is 0.823. The highest BCUT2D eigenvalue weighted by Crippen LogP contribution is 2.18. The van der Waals surface area contributed by atoms with Crippen LogP contribution in [0.25, 0.3) is 0 Å². The van der Waals surface area contributed by atoms with Crippen molar-refractivity contribution in [2.24, 2.45) is 0 Å². The average Bonchev–Trinajstić information content (AvgIpc) is 2.28. The largest absolute Gasteiger partial charge is 0.394 e. The molecule has 3 N–H and O–H groups in total. The molecule has 1 atom stereocenters. The molecule has 5 heteroatoms. The van der Waals surface area contributed by atoms with Crippen molar-refractivity contribution in [2.45, 2.75) is 39.7 Å². The van der Waals surface area contributed by atoms with Gasteiger partial charge < -0.3 is 15.7 Å². The molecule has 0 spiro atoms. The molecule has 0 fully saturated rings. The van der Waals surface area contributed by atoms with Gasteiger partial charge in [0.1, 0.15) is 17.5 Å². The Morgan fingerprint density at radius 2 is 1.94 bits per heavy atom. The molecule has 0 amide bonds. The molecule has 0 radical (unpaired) electrons. The predicted octanol–water partition coefficient (Wildman–Crippen LogP) is 1.79. The van der Waals surface area contributed by atoms with Crippen LogP contribution < -0.4 is 10.6 Å². The molecule has 1 rings (SSSR count). The molecule has 5 nitrogen and oxygen atoms in total. The van der Waals surface area contributed by atoms with Crippen LogP contribution in [0, 0.1) is 6.92 Å². The minimum Gasteiger partial charge on any atom is -0.394 e. The predicted molar refractivity (Wildman–Crippen MR) is 70.3 cm³/mol. The van der Waals surface area contributed by atoms with Crippen molar-refractivity contribution in [3.8, 4) is 0 Å². The number of nitrogens with one attached hydrogen (secondary N) is 2. The van der Waals surface area contributed by atoms with Crippen molar-refractivity contribution in [1.29, 1.82) is 0 Å². The van der Waals surface area contributed by atoms with E-state index in [-0.39, 0.29) is 12.1 Å². The number of hydrogen-bond acceptors (Lipinski definition) is 5. The number of hydrogen-bond donors (Lipinski definition) is 3. The lowest BCUT2D eigenvalue weighted by atomic mass is 10.0. The van der Waals surface area contributed by atoms with Crippen molar-refractivity contribution in [2.75, 3.05) is 23.8 Å². The minimum atomic E-state index is -0.343. The third-order valence-electron chi connectivity index (χ3n) is 2.75. The summed E-state index contributed by atoms with van der Waals surface area (Å²) in [4.78, 5) is 8.60. The van der Waals surface area contributed by atoms with E-state index in [1.807, 2.05) is 33.8 Å². The van der Waals surface area contributed by atoms with Gasteiger partial charge in [-0.3, -0.25) is 0 Å². The highest BCUT2D eigenvalue weighted by atomic mass is 16.3. The molecule has 96 valence electrons. The minimum absolute atomic E-state index is 0.0725. The standard InChI is InChI=1S/C12H22N4O/c1-5-12(4,8-17)16-11-7-10(13-6-2)14-9(3)15-11/h7,17H,5-6,8H2,1-4H3,(H2,13,14,15,16). The first-order valence-corrected chi connectivity index (χ1v) is 6.01. The summed E-state index contributed by atoms with van der Waals surface area (Å²) in [5.74, 6) is 2.26. The van der Waals surface area contributed by atoms with E-state index in [2.05, 4.69) is 20.6 Å². The summed E-state index contributed by atoms with van der Waals surface area (Å²) in [7, 11) is 0. The van der Waals surface area contributed by atoms with E-state index < -0.39 is 0 Å². The summed E-state index contributed by atoms with van der Waals surface area (Å²) in [6, 6.07) is 1.86. The monoisotopic (exact) mass is 238 g/mol. The molecular weight excluding hydrogens is 216 g/mol. The molecule has 0 saturated heterocycles. The van der Waals surface area contributed by atoms with Gasteiger partial charge >= 0.3 is 0 Å². The van der Waals surface area contributed by atoms with Gasteiger partial charge in [-0.25, -0.2) is 9.97 Å². The number of nitrogens with zero attached hydrogens (tertiary/aromatic N) is 2. The Hall–Kier alpha value is -1.36. The third-order valence-corrected chi connectivity index (χ3v) is 2.75. The maximum absolute atomic E-state index is 9.37. The van der Waals surface area contributed by atoms with Crippen LogP contribution in [-0.4, -0.2) is 33.8 Å². The molecule has 1 aromatic heterocycles. The summed E-state index contributed by atoms with van der Waals surface area (Å²) in [5, 5.41) is 15.8. The fraction of sp³-hybridized carbons (Fsp3) is 0.667. The van der Waals surface area contributed by atoms with Gasteiger partial charge in [-0.2, -0.15) is 0 Å². The van der Waals surface area contributed by atoms with Crippen LogP contribution in [0.3, 0.4) is 0 Å². The molecule has 1 aromatic rings. The number of aliphatic hydroxyl groups is 1. The van der Waals surface area contributed by atoms with Crippen molar-refractivity contribution < 1.29 is 5.11 Å². The Balaban J connectivity index is 2.90. The fourth-order valence-corrected chi connectivity index (χ4v) is 1.45. The number of rotatable bonds is 6. The van der Waals surface area contributed by atoms with Gasteiger partial charge in [0, 0.05) is 12.6 Å². The second-order valence-corrected chi connectivity index (χ2v) is 4.41. The first-order chi connectivity index (χ1) is 8.03. The first-order valence-electron chi connectivity index (χ1n) is 6.01.